The molecule has 2 aromatic heterocycles. The second-order valence-electron chi connectivity index (χ2n) is 8.38. The lowest BCUT2D eigenvalue weighted by atomic mass is 10.0. The smallest absolute Gasteiger partial charge is 0.326 e. The number of aromatic nitrogens is 3. The van der Waals surface area contributed by atoms with Gasteiger partial charge in [-0.2, -0.15) is 0 Å². The van der Waals surface area contributed by atoms with E-state index in [2.05, 4.69) is 33.7 Å². The number of nitrogens with two attached hydrogens (primary N) is 1. The molecule has 1 aromatic carbocycles. The maximum absolute atomic E-state index is 11.2. The number of benzene rings is 1. The molecule has 0 bridgehead atoms. The van der Waals surface area contributed by atoms with E-state index >= 15 is 0 Å². The summed E-state index contributed by atoms with van der Waals surface area (Å²) in [6.07, 6.45) is 11.5. The van der Waals surface area contributed by atoms with Crippen LogP contribution in [0.1, 0.15) is 57.6 Å². The maximum Gasteiger partial charge on any atom is 0.326 e. The molecular weight excluding hydrogens is 392 g/mol. The van der Waals surface area contributed by atoms with Crippen LogP contribution < -0.4 is 17.2 Å². The molecule has 1 unspecified atom stereocenters. The summed E-state index contributed by atoms with van der Waals surface area (Å²) in [5.74, 6) is -0.395. The molecule has 0 radical (unpaired) electrons. The lowest BCUT2D eigenvalue weighted by Gasteiger charge is -2.07. The Morgan fingerprint density at radius 1 is 1.19 bits per heavy atom. The van der Waals surface area contributed by atoms with Crippen LogP contribution in [-0.4, -0.2) is 31.7 Å². The molecule has 1 aliphatic carbocycles. The summed E-state index contributed by atoms with van der Waals surface area (Å²) in [7, 11) is 0. The number of fused-ring (bicyclic) bond motifs is 2. The molecule has 5 rings (SSSR count). The fourth-order valence-corrected chi connectivity index (χ4v) is 4.28. The summed E-state index contributed by atoms with van der Waals surface area (Å²) in [5, 5.41) is 13.1. The van der Waals surface area contributed by atoms with Crippen molar-refractivity contribution >= 4 is 28.5 Å². The third-order valence-corrected chi connectivity index (χ3v) is 5.91. The van der Waals surface area contributed by atoms with Crippen LogP contribution in [0.5, 0.6) is 0 Å². The van der Waals surface area contributed by atoms with Gasteiger partial charge in [-0.25, -0.2) is 14.8 Å². The number of hydrogen-bond donors (Lipinski definition) is 4. The SMILES string of the molecule is C1CCCC1.CC(C)n1cc(-c2ccc3c(c2)CC(C(=O)O)N3)c2c(N)ncnc21.N. The van der Waals surface area contributed by atoms with E-state index in [0.29, 0.717) is 12.2 Å². The molecule has 7 N–H and O–H groups in total. The van der Waals surface area contributed by atoms with Gasteiger partial charge in [-0.15, -0.1) is 0 Å². The summed E-state index contributed by atoms with van der Waals surface area (Å²) >= 11 is 0. The van der Waals surface area contributed by atoms with Crippen LogP contribution in [0.3, 0.4) is 0 Å². The quantitative estimate of drug-likeness (QED) is 0.473. The average Bonchev–Trinajstić information content (AvgIpc) is 3.46. The van der Waals surface area contributed by atoms with E-state index in [4.69, 9.17) is 5.73 Å². The van der Waals surface area contributed by atoms with Gasteiger partial charge in [-0.05, 0) is 37.1 Å². The first-order valence-electron chi connectivity index (χ1n) is 10.7. The number of carboxylic acid groups (broad SMARTS) is 1. The van der Waals surface area contributed by atoms with Gasteiger partial charge >= 0.3 is 5.97 Å². The highest BCUT2D eigenvalue weighted by molar-refractivity contribution is 6.01. The van der Waals surface area contributed by atoms with Crippen molar-refractivity contribution in [2.45, 2.75) is 64.5 Å². The van der Waals surface area contributed by atoms with Gasteiger partial charge in [0.1, 0.15) is 23.8 Å². The van der Waals surface area contributed by atoms with Gasteiger partial charge in [0.15, 0.2) is 0 Å². The van der Waals surface area contributed by atoms with Gasteiger partial charge < -0.3 is 26.9 Å². The van der Waals surface area contributed by atoms with Gasteiger partial charge in [-0.3, -0.25) is 0 Å². The summed E-state index contributed by atoms with van der Waals surface area (Å²) in [6.45, 7) is 4.18. The topological polar surface area (TPSA) is 141 Å². The van der Waals surface area contributed by atoms with Crippen LogP contribution in [0.4, 0.5) is 11.5 Å². The zero-order chi connectivity index (χ0) is 21.3. The first-order chi connectivity index (χ1) is 14.5. The van der Waals surface area contributed by atoms with Gasteiger partial charge in [0.25, 0.3) is 0 Å². The Balaban J connectivity index is 0.000000401. The van der Waals surface area contributed by atoms with Crippen molar-refractivity contribution in [3.63, 3.8) is 0 Å². The molecule has 3 heterocycles. The maximum atomic E-state index is 11.2. The van der Waals surface area contributed by atoms with E-state index in [0.717, 1.165) is 33.4 Å². The van der Waals surface area contributed by atoms with Crippen molar-refractivity contribution < 1.29 is 9.90 Å². The van der Waals surface area contributed by atoms with E-state index in [1.54, 1.807) is 0 Å². The Morgan fingerprint density at radius 3 is 2.48 bits per heavy atom. The Labute approximate surface area is 182 Å². The number of hydrogen-bond acceptors (Lipinski definition) is 6. The van der Waals surface area contributed by atoms with Crippen LogP contribution >= 0.6 is 0 Å². The lowest BCUT2D eigenvalue weighted by molar-refractivity contribution is -0.137. The number of nitrogen functional groups attached to an aromatic ring is 1. The van der Waals surface area contributed by atoms with Gasteiger partial charge in [0.05, 0.1) is 5.39 Å². The zero-order valence-electron chi connectivity index (χ0n) is 18.3. The molecule has 1 aliphatic heterocycles. The molecule has 1 fully saturated rings. The number of carboxylic acids is 1. The number of nitrogens with zero attached hydrogens (tertiary/aromatic N) is 3. The van der Waals surface area contributed by atoms with Crippen LogP contribution in [0.25, 0.3) is 22.2 Å². The number of anilines is 2. The molecule has 0 spiro atoms. The van der Waals surface area contributed by atoms with Crippen LogP contribution in [0.2, 0.25) is 0 Å². The highest BCUT2D eigenvalue weighted by Gasteiger charge is 2.27. The molecule has 1 atom stereocenters. The Kier molecular flexibility index (Phi) is 6.80. The predicted molar refractivity (Wildman–Crippen MR) is 125 cm³/mol. The number of aliphatic carboxylic acids is 1. The summed E-state index contributed by atoms with van der Waals surface area (Å²) in [4.78, 5) is 19.8. The largest absolute Gasteiger partial charge is 0.480 e. The number of nitrogens with one attached hydrogen (secondary N) is 1. The molecule has 0 amide bonds. The van der Waals surface area contributed by atoms with E-state index in [1.807, 2.05) is 24.4 Å². The minimum Gasteiger partial charge on any atom is -0.480 e. The highest BCUT2D eigenvalue weighted by Crippen LogP contribution is 2.37. The minimum absolute atomic E-state index is 0. The van der Waals surface area contributed by atoms with Crippen LogP contribution in [0.15, 0.2) is 30.7 Å². The van der Waals surface area contributed by atoms with Crippen LogP contribution in [-0.2, 0) is 11.2 Å². The monoisotopic (exact) mass is 424 g/mol. The first kappa shape index (κ1) is 22.6. The second-order valence-corrected chi connectivity index (χ2v) is 8.38. The lowest BCUT2D eigenvalue weighted by Crippen LogP contribution is -2.26. The summed E-state index contributed by atoms with van der Waals surface area (Å²) in [6, 6.07) is 5.58. The van der Waals surface area contributed by atoms with Crippen LogP contribution in [0, 0.1) is 0 Å². The highest BCUT2D eigenvalue weighted by atomic mass is 16.4. The van der Waals surface area contributed by atoms with Crippen molar-refractivity contribution in [1.29, 1.82) is 0 Å². The normalized spacial score (nSPS) is 16.9. The van der Waals surface area contributed by atoms with Gasteiger partial charge in [0.2, 0.25) is 0 Å². The summed E-state index contributed by atoms with van der Waals surface area (Å²) in [5.41, 5.74) is 10.7. The fourth-order valence-electron chi connectivity index (χ4n) is 4.28. The van der Waals surface area contributed by atoms with Gasteiger partial charge in [-0.1, -0.05) is 38.2 Å². The standard InChI is InChI=1S/C18H19N5O2.C5H10.H3N/c1-9(2)23-7-12(15-16(19)20-8-21-17(15)23)10-3-4-13-11(5-10)6-14(22-13)18(24)25;1-2-4-5-3-1;/h3-5,7-9,14,22H,6H2,1-2H3,(H,24,25)(H2,19,20,21);1-5H2;1H3. The Hall–Kier alpha value is -3.13. The zero-order valence-corrected chi connectivity index (χ0v) is 18.3. The third kappa shape index (κ3) is 4.49. The van der Waals surface area contributed by atoms with Crippen molar-refractivity contribution in [2.75, 3.05) is 11.1 Å². The molecule has 31 heavy (non-hydrogen) atoms. The Bertz CT molecular complexity index is 1060. The summed E-state index contributed by atoms with van der Waals surface area (Å²) < 4.78 is 2.08. The van der Waals surface area contributed by atoms with E-state index in [-0.39, 0.29) is 12.2 Å². The van der Waals surface area contributed by atoms with Crippen molar-refractivity contribution in [2.24, 2.45) is 0 Å². The van der Waals surface area contributed by atoms with Crippen molar-refractivity contribution in [3.05, 3.63) is 36.3 Å². The first-order valence-corrected chi connectivity index (χ1v) is 10.7. The van der Waals surface area contributed by atoms with Crippen molar-refractivity contribution in [3.8, 4) is 11.1 Å². The predicted octanol–water partition coefficient (Wildman–Crippen LogP) is 4.80. The van der Waals surface area contributed by atoms with Crippen molar-refractivity contribution in [1.82, 2.24) is 20.7 Å². The Morgan fingerprint density at radius 2 is 1.87 bits per heavy atom. The molecule has 3 aromatic rings. The number of rotatable bonds is 3. The molecule has 1 saturated carbocycles. The van der Waals surface area contributed by atoms with E-state index in [9.17, 15) is 9.90 Å². The molecule has 2 aliphatic rings. The van der Waals surface area contributed by atoms with Gasteiger partial charge in [0, 0.05) is 29.9 Å². The van der Waals surface area contributed by atoms with E-state index < -0.39 is 12.0 Å². The third-order valence-electron chi connectivity index (χ3n) is 5.91. The van der Waals surface area contributed by atoms with E-state index in [1.165, 1.54) is 38.4 Å². The molecule has 8 heteroatoms. The molecule has 166 valence electrons. The average molecular weight is 425 g/mol. The fraction of sp³-hybridized carbons (Fsp3) is 0.435. The second kappa shape index (κ2) is 9.34. The minimum atomic E-state index is -0.841. The molecule has 8 nitrogen and oxygen atoms in total. The molecular formula is C23H32N6O2. The number of carbonyl (C=O) groups is 1. The molecule has 0 saturated heterocycles.